The Bertz CT molecular complexity index is 427. The number of halogens is 1. The SMILES string of the molecule is O=C(CN1CCOC(CO)C1)Nc1ccc(Br)cn1. The Morgan fingerprint density at radius 2 is 2.47 bits per heavy atom. The second-order valence-corrected chi connectivity index (χ2v) is 5.24. The van der Waals surface area contributed by atoms with E-state index in [1.807, 2.05) is 11.0 Å². The summed E-state index contributed by atoms with van der Waals surface area (Å²) < 4.78 is 6.19. The van der Waals surface area contributed by atoms with Gasteiger partial charge >= 0.3 is 0 Å². The van der Waals surface area contributed by atoms with E-state index >= 15 is 0 Å². The molecule has 1 atom stereocenters. The second kappa shape index (κ2) is 6.95. The van der Waals surface area contributed by atoms with Crippen molar-refractivity contribution in [3.8, 4) is 0 Å². The van der Waals surface area contributed by atoms with Crippen molar-refractivity contribution >= 4 is 27.7 Å². The molecule has 1 aliphatic rings. The molecule has 2 N–H and O–H groups in total. The van der Waals surface area contributed by atoms with Crippen LogP contribution in [0.4, 0.5) is 5.82 Å². The molecule has 2 heterocycles. The van der Waals surface area contributed by atoms with Crippen molar-refractivity contribution in [2.45, 2.75) is 6.10 Å². The molecule has 1 aromatic heterocycles. The van der Waals surface area contributed by atoms with Crippen LogP contribution in [-0.4, -0.2) is 59.8 Å². The summed E-state index contributed by atoms with van der Waals surface area (Å²) in [7, 11) is 0. The zero-order valence-corrected chi connectivity index (χ0v) is 12.0. The van der Waals surface area contributed by atoms with Gasteiger partial charge in [0, 0.05) is 23.8 Å². The van der Waals surface area contributed by atoms with Crippen molar-refractivity contribution in [2.24, 2.45) is 0 Å². The van der Waals surface area contributed by atoms with Gasteiger partial charge in [-0.3, -0.25) is 9.69 Å². The minimum atomic E-state index is -0.202. The zero-order valence-electron chi connectivity index (χ0n) is 10.4. The van der Waals surface area contributed by atoms with Crippen LogP contribution < -0.4 is 5.32 Å². The molecule has 1 unspecified atom stereocenters. The van der Waals surface area contributed by atoms with Crippen LogP contribution in [0.2, 0.25) is 0 Å². The van der Waals surface area contributed by atoms with Crippen LogP contribution in [0.1, 0.15) is 0 Å². The van der Waals surface area contributed by atoms with Crippen molar-refractivity contribution in [2.75, 3.05) is 38.2 Å². The predicted molar refractivity (Wildman–Crippen MR) is 73.8 cm³/mol. The number of anilines is 1. The average molecular weight is 330 g/mol. The number of nitrogens with zero attached hydrogens (tertiary/aromatic N) is 2. The lowest BCUT2D eigenvalue weighted by molar-refractivity contribution is -0.120. The number of carbonyl (C=O) groups is 1. The molecule has 0 aliphatic carbocycles. The van der Waals surface area contributed by atoms with E-state index in [0.29, 0.717) is 25.5 Å². The third-order valence-electron chi connectivity index (χ3n) is 2.79. The van der Waals surface area contributed by atoms with Gasteiger partial charge in [0.15, 0.2) is 0 Å². The molecule has 0 spiro atoms. The number of aliphatic hydroxyl groups excluding tert-OH is 1. The number of hydrogen-bond donors (Lipinski definition) is 2. The van der Waals surface area contributed by atoms with Gasteiger partial charge in [0.1, 0.15) is 5.82 Å². The smallest absolute Gasteiger partial charge is 0.239 e. The third-order valence-corrected chi connectivity index (χ3v) is 3.26. The summed E-state index contributed by atoms with van der Waals surface area (Å²) in [6.07, 6.45) is 1.43. The number of aromatic nitrogens is 1. The van der Waals surface area contributed by atoms with Gasteiger partial charge in [0.2, 0.25) is 5.91 Å². The van der Waals surface area contributed by atoms with E-state index in [4.69, 9.17) is 9.84 Å². The Kier molecular flexibility index (Phi) is 5.26. The summed E-state index contributed by atoms with van der Waals surface area (Å²) in [4.78, 5) is 17.9. The molecule has 2 rings (SSSR count). The average Bonchev–Trinajstić information content (AvgIpc) is 2.41. The largest absolute Gasteiger partial charge is 0.394 e. The highest BCUT2D eigenvalue weighted by Gasteiger charge is 2.21. The monoisotopic (exact) mass is 329 g/mol. The summed E-state index contributed by atoms with van der Waals surface area (Å²) >= 11 is 3.28. The van der Waals surface area contributed by atoms with Gasteiger partial charge in [-0.1, -0.05) is 0 Å². The summed E-state index contributed by atoms with van der Waals surface area (Å²) in [5.74, 6) is 0.411. The fraction of sp³-hybridized carbons (Fsp3) is 0.500. The fourth-order valence-corrected chi connectivity index (χ4v) is 2.10. The van der Waals surface area contributed by atoms with Gasteiger partial charge in [-0.2, -0.15) is 0 Å². The molecular weight excluding hydrogens is 314 g/mol. The van der Waals surface area contributed by atoms with Crippen molar-refractivity contribution in [1.29, 1.82) is 0 Å². The van der Waals surface area contributed by atoms with E-state index in [-0.39, 0.29) is 25.2 Å². The van der Waals surface area contributed by atoms with Gasteiger partial charge in [0.05, 0.1) is 25.9 Å². The quantitative estimate of drug-likeness (QED) is 0.840. The van der Waals surface area contributed by atoms with E-state index in [9.17, 15) is 4.79 Å². The molecule has 1 fully saturated rings. The normalized spacial score (nSPS) is 20.2. The number of amides is 1. The molecule has 1 aromatic rings. The van der Waals surface area contributed by atoms with Crippen molar-refractivity contribution in [3.05, 3.63) is 22.8 Å². The minimum Gasteiger partial charge on any atom is -0.394 e. The summed E-state index contributed by atoms with van der Waals surface area (Å²) in [5.41, 5.74) is 0. The number of morpholine rings is 1. The summed E-state index contributed by atoms with van der Waals surface area (Å²) in [6, 6.07) is 3.55. The maximum atomic E-state index is 11.9. The molecule has 0 bridgehead atoms. The van der Waals surface area contributed by atoms with Crippen LogP contribution in [0, 0.1) is 0 Å². The number of aliphatic hydroxyl groups is 1. The molecule has 1 aliphatic heterocycles. The lowest BCUT2D eigenvalue weighted by atomic mass is 10.3. The lowest BCUT2D eigenvalue weighted by Crippen LogP contribution is -2.46. The van der Waals surface area contributed by atoms with Crippen LogP contribution >= 0.6 is 15.9 Å². The van der Waals surface area contributed by atoms with E-state index in [1.54, 1.807) is 12.3 Å². The van der Waals surface area contributed by atoms with Crippen LogP contribution in [0.5, 0.6) is 0 Å². The first-order valence-electron chi connectivity index (χ1n) is 6.03. The third kappa shape index (κ3) is 4.54. The van der Waals surface area contributed by atoms with Crippen molar-refractivity contribution in [3.63, 3.8) is 0 Å². The van der Waals surface area contributed by atoms with Gasteiger partial charge in [0.25, 0.3) is 0 Å². The summed E-state index contributed by atoms with van der Waals surface area (Å²) in [6.45, 7) is 2.05. The molecule has 0 saturated carbocycles. The Hall–Kier alpha value is -1.02. The van der Waals surface area contributed by atoms with E-state index < -0.39 is 0 Å². The van der Waals surface area contributed by atoms with Crippen LogP contribution in [0.3, 0.4) is 0 Å². The van der Waals surface area contributed by atoms with Crippen LogP contribution in [0.25, 0.3) is 0 Å². The second-order valence-electron chi connectivity index (χ2n) is 4.32. The van der Waals surface area contributed by atoms with E-state index in [2.05, 4.69) is 26.2 Å². The number of ether oxygens (including phenoxy) is 1. The molecule has 6 nitrogen and oxygen atoms in total. The van der Waals surface area contributed by atoms with Gasteiger partial charge in [-0.05, 0) is 28.1 Å². The fourth-order valence-electron chi connectivity index (χ4n) is 1.87. The van der Waals surface area contributed by atoms with E-state index in [1.165, 1.54) is 0 Å². The van der Waals surface area contributed by atoms with Gasteiger partial charge < -0.3 is 15.2 Å². The first kappa shape index (κ1) is 14.4. The Labute approximate surface area is 119 Å². The first-order chi connectivity index (χ1) is 9.17. The van der Waals surface area contributed by atoms with Crippen molar-refractivity contribution in [1.82, 2.24) is 9.88 Å². The molecule has 7 heteroatoms. The number of nitrogens with one attached hydrogen (secondary N) is 1. The number of hydrogen-bond acceptors (Lipinski definition) is 5. The number of rotatable bonds is 4. The minimum absolute atomic E-state index is 0.0214. The molecule has 19 heavy (non-hydrogen) atoms. The predicted octanol–water partition coefficient (Wildman–Crippen LogP) is 0.476. The Morgan fingerprint density at radius 3 is 3.16 bits per heavy atom. The maximum Gasteiger partial charge on any atom is 0.239 e. The highest BCUT2D eigenvalue weighted by atomic mass is 79.9. The molecule has 104 valence electrons. The van der Waals surface area contributed by atoms with E-state index in [0.717, 1.165) is 4.47 Å². The molecule has 1 saturated heterocycles. The number of carbonyl (C=O) groups excluding carboxylic acids is 1. The standard InChI is InChI=1S/C12H16BrN3O3/c13-9-1-2-11(14-5-9)15-12(18)7-16-3-4-19-10(6-16)8-17/h1-2,5,10,17H,3-4,6-8H2,(H,14,15,18). The molecule has 0 aromatic carbocycles. The lowest BCUT2D eigenvalue weighted by Gasteiger charge is -2.31. The van der Waals surface area contributed by atoms with Gasteiger partial charge in [-0.25, -0.2) is 4.98 Å². The first-order valence-corrected chi connectivity index (χ1v) is 6.83. The summed E-state index contributed by atoms with van der Waals surface area (Å²) in [5, 5.41) is 11.8. The van der Waals surface area contributed by atoms with Crippen molar-refractivity contribution < 1.29 is 14.6 Å². The van der Waals surface area contributed by atoms with Crippen LogP contribution in [-0.2, 0) is 9.53 Å². The topological polar surface area (TPSA) is 74.7 Å². The molecule has 1 amide bonds. The Balaban J connectivity index is 1.82. The highest BCUT2D eigenvalue weighted by molar-refractivity contribution is 9.10. The Morgan fingerprint density at radius 1 is 1.63 bits per heavy atom. The number of pyridine rings is 1. The highest BCUT2D eigenvalue weighted by Crippen LogP contribution is 2.10. The molecular formula is C12H16BrN3O3. The van der Waals surface area contributed by atoms with Gasteiger partial charge in [-0.15, -0.1) is 0 Å². The molecule has 0 radical (unpaired) electrons. The maximum absolute atomic E-state index is 11.9. The van der Waals surface area contributed by atoms with Crippen LogP contribution in [0.15, 0.2) is 22.8 Å². The zero-order chi connectivity index (χ0) is 13.7.